The summed E-state index contributed by atoms with van der Waals surface area (Å²) in [6, 6.07) is 11.2. The lowest BCUT2D eigenvalue weighted by atomic mass is 10.1. The maximum Gasteiger partial charge on any atom is 0.294 e. The highest BCUT2D eigenvalue weighted by Gasteiger charge is 2.20. The summed E-state index contributed by atoms with van der Waals surface area (Å²) in [6.45, 7) is 1.86. The Labute approximate surface area is 144 Å². The van der Waals surface area contributed by atoms with Gasteiger partial charge in [-0.25, -0.2) is 9.97 Å². The van der Waals surface area contributed by atoms with Crippen LogP contribution in [0.2, 0.25) is 0 Å². The number of amides is 1. The number of benzene rings is 1. The summed E-state index contributed by atoms with van der Waals surface area (Å²) in [4.78, 5) is 23.0. The van der Waals surface area contributed by atoms with Crippen molar-refractivity contribution in [2.24, 2.45) is 0 Å². The van der Waals surface area contributed by atoms with E-state index in [0.29, 0.717) is 11.4 Å². The molecule has 3 aromatic rings. The number of hydrogen-bond acceptors (Lipinski definition) is 6. The smallest absolute Gasteiger partial charge is 0.294 e. The third-order valence-corrected chi connectivity index (χ3v) is 4.15. The van der Waals surface area contributed by atoms with E-state index in [1.807, 2.05) is 30.3 Å². The van der Waals surface area contributed by atoms with Crippen LogP contribution in [0.3, 0.4) is 0 Å². The number of aromatic nitrogens is 3. The third-order valence-electron chi connectivity index (χ3n) is 4.15. The Hall–Kier alpha value is -3.22. The van der Waals surface area contributed by atoms with Crippen molar-refractivity contribution in [3.63, 3.8) is 0 Å². The highest BCUT2D eigenvalue weighted by molar-refractivity contribution is 6.04. The van der Waals surface area contributed by atoms with Crippen molar-refractivity contribution in [2.75, 3.05) is 23.3 Å². The standard InChI is InChI=1S/C18H17N5O2/c24-18(16-10-14(22-25-16)13-6-2-1-3-7-13)21-15-11-19-12-20-17(15)23-8-4-5-9-23/h1-3,6-7,10-12H,4-5,8-9H2,(H,21,24). The molecule has 3 heterocycles. The van der Waals surface area contributed by atoms with Crippen LogP contribution in [0.15, 0.2) is 53.4 Å². The zero-order chi connectivity index (χ0) is 17.1. The fourth-order valence-electron chi connectivity index (χ4n) is 2.90. The minimum atomic E-state index is -0.370. The molecule has 1 aliphatic heterocycles. The third kappa shape index (κ3) is 3.21. The summed E-state index contributed by atoms with van der Waals surface area (Å²) < 4.78 is 5.20. The first-order chi connectivity index (χ1) is 12.3. The van der Waals surface area contributed by atoms with Crippen LogP contribution in [0.1, 0.15) is 23.4 Å². The first kappa shape index (κ1) is 15.3. The average molecular weight is 335 g/mol. The summed E-state index contributed by atoms with van der Waals surface area (Å²) in [5.74, 6) is 0.517. The minimum Gasteiger partial charge on any atom is -0.355 e. The van der Waals surface area contributed by atoms with Gasteiger partial charge in [0.15, 0.2) is 5.82 Å². The summed E-state index contributed by atoms with van der Waals surface area (Å²) in [6.07, 6.45) is 5.35. The first-order valence-corrected chi connectivity index (χ1v) is 8.20. The molecule has 0 radical (unpaired) electrons. The quantitative estimate of drug-likeness (QED) is 0.789. The molecule has 1 aromatic carbocycles. The van der Waals surface area contributed by atoms with Gasteiger partial charge in [0.05, 0.1) is 6.20 Å². The van der Waals surface area contributed by atoms with Crippen LogP contribution in [0.4, 0.5) is 11.5 Å². The van der Waals surface area contributed by atoms with Gasteiger partial charge in [0.1, 0.15) is 17.7 Å². The predicted octanol–water partition coefficient (Wildman–Crippen LogP) is 2.98. The Morgan fingerprint density at radius 1 is 1.16 bits per heavy atom. The molecule has 1 saturated heterocycles. The Balaban J connectivity index is 1.54. The van der Waals surface area contributed by atoms with E-state index < -0.39 is 0 Å². The molecule has 2 aromatic heterocycles. The molecule has 1 N–H and O–H groups in total. The average Bonchev–Trinajstić information content (AvgIpc) is 3.35. The highest BCUT2D eigenvalue weighted by Crippen LogP contribution is 2.26. The second-order valence-corrected chi connectivity index (χ2v) is 5.85. The second-order valence-electron chi connectivity index (χ2n) is 5.85. The van der Waals surface area contributed by atoms with Crippen LogP contribution in [-0.4, -0.2) is 34.1 Å². The van der Waals surface area contributed by atoms with Crippen molar-refractivity contribution in [1.29, 1.82) is 0 Å². The predicted molar refractivity (Wildman–Crippen MR) is 93.4 cm³/mol. The number of nitrogens with one attached hydrogen (secondary N) is 1. The van der Waals surface area contributed by atoms with Crippen LogP contribution in [0, 0.1) is 0 Å². The molecule has 0 bridgehead atoms. The molecule has 0 atom stereocenters. The zero-order valence-corrected chi connectivity index (χ0v) is 13.6. The number of anilines is 2. The van der Waals surface area contributed by atoms with E-state index >= 15 is 0 Å². The molecule has 7 nitrogen and oxygen atoms in total. The number of rotatable bonds is 4. The topological polar surface area (TPSA) is 84.2 Å². The number of carbonyl (C=O) groups is 1. The van der Waals surface area contributed by atoms with Crippen molar-refractivity contribution in [2.45, 2.75) is 12.8 Å². The van der Waals surface area contributed by atoms with E-state index in [1.165, 1.54) is 6.33 Å². The molecular weight excluding hydrogens is 318 g/mol. The van der Waals surface area contributed by atoms with Crippen molar-refractivity contribution < 1.29 is 9.32 Å². The van der Waals surface area contributed by atoms with Crippen LogP contribution in [-0.2, 0) is 0 Å². The minimum absolute atomic E-state index is 0.148. The maximum atomic E-state index is 12.5. The molecule has 25 heavy (non-hydrogen) atoms. The van der Waals surface area contributed by atoms with Gasteiger partial charge in [-0.05, 0) is 12.8 Å². The van der Waals surface area contributed by atoms with E-state index in [0.717, 1.165) is 37.3 Å². The zero-order valence-electron chi connectivity index (χ0n) is 13.6. The van der Waals surface area contributed by atoms with Crippen molar-refractivity contribution >= 4 is 17.4 Å². The van der Waals surface area contributed by atoms with Crippen LogP contribution < -0.4 is 10.2 Å². The first-order valence-electron chi connectivity index (χ1n) is 8.20. The van der Waals surface area contributed by atoms with Gasteiger partial charge in [0.2, 0.25) is 5.76 Å². The lowest BCUT2D eigenvalue weighted by Gasteiger charge is -2.19. The molecule has 0 unspecified atom stereocenters. The van der Waals surface area contributed by atoms with Crippen molar-refractivity contribution in [3.8, 4) is 11.3 Å². The Morgan fingerprint density at radius 3 is 2.76 bits per heavy atom. The molecule has 4 rings (SSSR count). The van der Waals surface area contributed by atoms with Gasteiger partial charge in [-0.1, -0.05) is 35.5 Å². The lowest BCUT2D eigenvalue weighted by molar-refractivity contribution is 0.0988. The highest BCUT2D eigenvalue weighted by atomic mass is 16.5. The van der Waals surface area contributed by atoms with E-state index in [2.05, 4.69) is 25.3 Å². The molecular formula is C18H17N5O2. The molecule has 0 aliphatic carbocycles. The van der Waals surface area contributed by atoms with Gasteiger partial charge >= 0.3 is 0 Å². The van der Waals surface area contributed by atoms with Gasteiger partial charge in [-0.15, -0.1) is 0 Å². The summed E-state index contributed by atoms with van der Waals surface area (Å²) in [5, 5.41) is 6.80. The van der Waals surface area contributed by atoms with Gasteiger partial charge in [-0.2, -0.15) is 0 Å². The summed E-state index contributed by atoms with van der Waals surface area (Å²) in [5.41, 5.74) is 2.09. The Morgan fingerprint density at radius 2 is 1.96 bits per heavy atom. The van der Waals surface area contributed by atoms with Crippen LogP contribution in [0.25, 0.3) is 11.3 Å². The van der Waals surface area contributed by atoms with Gasteiger partial charge in [-0.3, -0.25) is 4.79 Å². The molecule has 1 amide bonds. The maximum absolute atomic E-state index is 12.5. The number of nitrogens with zero attached hydrogens (tertiary/aromatic N) is 4. The summed E-state index contributed by atoms with van der Waals surface area (Å²) in [7, 11) is 0. The van der Waals surface area contributed by atoms with Crippen molar-refractivity contribution in [3.05, 3.63) is 54.7 Å². The normalized spacial score (nSPS) is 13.8. The monoisotopic (exact) mass is 335 g/mol. The molecule has 126 valence electrons. The van der Waals surface area contributed by atoms with E-state index in [4.69, 9.17) is 4.52 Å². The van der Waals surface area contributed by atoms with Crippen LogP contribution in [0.5, 0.6) is 0 Å². The van der Waals surface area contributed by atoms with E-state index in [-0.39, 0.29) is 11.7 Å². The molecule has 0 spiro atoms. The van der Waals surface area contributed by atoms with Gasteiger partial charge in [0.25, 0.3) is 5.91 Å². The number of carbonyl (C=O) groups excluding carboxylic acids is 1. The van der Waals surface area contributed by atoms with E-state index in [1.54, 1.807) is 12.3 Å². The molecule has 7 heteroatoms. The Kier molecular flexibility index (Phi) is 4.12. The van der Waals surface area contributed by atoms with E-state index in [9.17, 15) is 4.79 Å². The number of hydrogen-bond donors (Lipinski definition) is 1. The SMILES string of the molecule is O=C(Nc1cncnc1N1CCCC1)c1cc(-c2ccccc2)no1. The second kappa shape index (κ2) is 6.72. The largest absolute Gasteiger partial charge is 0.355 e. The Bertz CT molecular complexity index is 872. The molecule has 1 fully saturated rings. The fraction of sp³-hybridized carbons (Fsp3) is 0.222. The lowest BCUT2D eigenvalue weighted by Crippen LogP contribution is -2.22. The molecule has 1 aliphatic rings. The summed E-state index contributed by atoms with van der Waals surface area (Å²) >= 11 is 0. The van der Waals surface area contributed by atoms with Gasteiger partial charge < -0.3 is 14.7 Å². The van der Waals surface area contributed by atoms with Crippen LogP contribution >= 0.6 is 0 Å². The van der Waals surface area contributed by atoms with Crippen molar-refractivity contribution in [1.82, 2.24) is 15.1 Å². The van der Waals surface area contributed by atoms with Gasteiger partial charge in [0, 0.05) is 24.7 Å². The fourth-order valence-corrected chi connectivity index (χ4v) is 2.90. The molecule has 0 saturated carbocycles.